The Bertz CT molecular complexity index is 1010. The van der Waals surface area contributed by atoms with Gasteiger partial charge in [0.15, 0.2) is 5.16 Å². The molecule has 0 saturated heterocycles. The molecule has 0 fully saturated rings. The predicted molar refractivity (Wildman–Crippen MR) is 116 cm³/mol. The predicted octanol–water partition coefficient (Wildman–Crippen LogP) is 3.19. The monoisotopic (exact) mass is 427 g/mol. The number of aliphatic hydroxyl groups excluding tert-OH is 1. The Morgan fingerprint density at radius 3 is 2.77 bits per heavy atom. The lowest BCUT2D eigenvalue weighted by molar-refractivity contribution is 0.0914. The van der Waals surface area contributed by atoms with Crippen LogP contribution >= 0.6 is 11.8 Å². The molecule has 1 heterocycles. The molecule has 1 amide bonds. The maximum absolute atomic E-state index is 12.6. The number of hydrogen-bond donors (Lipinski definition) is 2. The standard InChI is InChI=1S/C22H25N3O4S/c1-25-10-9-23-22(25)30-14-15-5-4-6-16(11-15)21(27)24-13-19(26)18-12-17(28-2)7-8-20(18)29-3/h4-12,19,26H,13-14H2,1-3H3,(H,24,27)/t19-/m1/s1. The number of carbonyl (C=O) groups excluding carboxylic acids is 1. The molecule has 7 nitrogen and oxygen atoms in total. The van der Waals surface area contributed by atoms with Gasteiger partial charge in [-0.05, 0) is 35.9 Å². The van der Waals surface area contributed by atoms with E-state index in [1.165, 1.54) is 7.11 Å². The number of ether oxygens (including phenoxy) is 2. The SMILES string of the molecule is COc1ccc(OC)c([C@H](O)CNC(=O)c2cccc(CSc3nccn3C)c2)c1. The molecule has 0 aliphatic rings. The van der Waals surface area contributed by atoms with Crippen LogP contribution in [0.3, 0.4) is 0 Å². The van der Waals surface area contributed by atoms with Gasteiger partial charge in [0.1, 0.15) is 17.6 Å². The Morgan fingerprint density at radius 2 is 2.07 bits per heavy atom. The third kappa shape index (κ3) is 5.34. The van der Waals surface area contributed by atoms with Crippen molar-refractivity contribution in [2.45, 2.75) is 17.0 Å². The molecule has 1 atom stereocenters. The number of aliphatic hydroxyl groups is 1. The van der Waals surface area contributed by atoms with Crippen molar-refractivity contribution in [3.63, 3.8) is 0 Å². The van der Waals surface area contributed by atoms with Crippen LogP contribution in [0.1, 0.15) is 27.6 Å². The normalized spacial score (nSPS) is 11.7. The molecule has 3 aromatic rings. The minimum Gasteiger partial charge on any atom is -0.497 e. The number of rotatable bonds is 9. The number of imidazole rings is 1. The third-order valence-electron chi connectivity index (χ3n) is 4.59. The molecule has 1 aromatic heterocycles. The highest BCUT2D eigenvalue weighted by atomic mass is 32.2. The zero-order valence-electron chi connectivity index (χ0n) is 17.2. The summed E-state index contributed by atoms with van der Waals surface area (Å²) in [5.41, 5.74) is 2.11. The van der Waals surface area contributed by atoms with Crippen LogP contribution in [0.25, 0.3) is 0 Å². The third-order valence-corrected chi connectivity index (χ3v) is 5.72. The van der Waals surface area contributed by atoms with Crippen LogP contribution in [0.2, 0.25) is 0 Å². The molecular weight excluding hydrogens is 402 g/mol. The minimum absolute atomic E-state index is 0.0502. The van der Waals surface area contributed by atoms with E-state index in [1.54, 1.807) is 49.3 Å². The molecule has 0 bridgehead atoms. The molecule has 0 aliphatic carbocycles. The number of methoxy groups -OCH3 is 2. The Kier molecular flexibility index (Phi) is 7.37. The lowest BCUT2D eigenvalue weighted by Gasteiger charge is -2.16. The van der Waals surface area contributed by atoms with Crippen molar-refractivity contribution in [2.24, 2.45) is 7.05 Å². The average Bonchev–Trinajstić information content (AvgIpc) is 3.20. The van der Waals surface area contributed by atoms with Crippen molar-refractivity contribution in [3.8, 4) is 11.5 Å². The first-order valence-electron chi connectivity index (χ1n) is 9.39. The summed E-state index contributed by atoms with van der Waals surface area (Å²) in [6.45, 7) is 0.0502. The second-order valence-corrected chi connectivity index (χ2v) is 7.59. The van der Waals surface area contributed by atoms with Crippen molar-refractivity contribution < 1.29 is 19.4 Å². The van der Waals surface area contributed by atoms with Crippen LogP contribution in [0.4, 0.5) is 0 Å². The van der Waals surface area contributed by atoms with E-state index in [9.17, 15) is 9.90 Å². The maximum atomic E-state index is 12.6. The molecule has 158 valence electrons. The van der Waals surface area contributed by atoms with Crippen LogP contribution in [-0.4, -0.2) is 41.3 Å². The van der Waals surface area contributed by atoms with Gasteiger partial charge in [0.2, 0.25) is 0 Å². The summed E-state index contributed by atoms with van der Waals surface area (Å²) >= 11 is 1.60. The summed E-state index contributed by atoms with van der Waals surface area (Å²) in [5.74, 6) is 1.59. The smallest absolute Gasteiger partial charge is 0.251 e. The summed E-state index contributed by atoms with van der Waals surface area (Å²) in [6.07, 6.45) is 2.73. The van der Waals surface area contributed by atoms with Gasteiger partial charge >= 0.3 is 0 Å². The van der Waals surface area contributed by atoms with Crippen molar-refractivity contribution >= 4 is 17.7 Å². The van der Waals surface area contributed by atoms with Crippen LogP contribution < -0.4 is 14.8 Å². The van der Waals surface area contributed by atoms with E-state index in [0.717, 1.165) is 10.7 Å². The quantitative estimate of drug-likeness (QED) is 0.510. The number of carbonyl (C=O) groups is 1. The van der Waals surface area contributed by atoms with Gasteiger partial charge < -0.3 is 24.5 Å². The molecular formula is C22H25N3O4S. The van der Waals surface area contributed by atoms with Gasteiger partial charge in [-0.2, -0.15) is 0 Å². The summed E-state index contributed by atoms with van der Waals surface area (Å²) in [7, 11) is 5.03. The fourth-order valence-corrected chi connectivity index (χ4v) is 3.82. The van der Waals surface area contributed by atoms with Gasteiger partial charge in [-0.1, -0.05) is 23.9 Å². The molecule has 0 saturated carbocycles. The first kappa shape index (κ1) is 21.7. The Morgan fingerprint density at radius 1 is 1.23 bits per heavy atom. The van der Waals surface area contributed by atoms with E-state index in [-0.39, 0.29) is 12.5 Å². The highest BCUT2D eigenvalue weighted by Crippen LogP contribution is 2.29. The molecule has 8 heteroatoms. The molecule has 0 aliphatic heterocycles. The zero-order valence-corrected chi connectivity index (χ0v) is 18.0. The Hall–Kier alpha value is -2.97. The number of aryl methyl sites for hydroxylation is 1. The number of nitrogens with zero attached hydrogens (tertiary/aromatic N) is 2. The van der Waals surface area contributed by atoms with Gasteiger partial charge in [0, 0.05) is 42.9 Å². The highest BCUT2D eigenvalue weighted by Gasteiger charge is 2.16. The van der Waals surface area contributed by atoms with E-state index in [1.807, 2.05) is 36.0 Å². The maximum Gasteiger partial charge on any atom is 0.251 e. The second kappa shape index (κ2) is 10.2. The van der Waals surface area contributed by atoms with Gasteiger partial charge in [-0.3, -0.25) is 4.79 Å². The lowest BCUT2D eigenvalue weighted by Crippen LogP contribution is -2.28. The van der Waals surface area contributed by atoms with Gasteiger partial charge in [0.25, 0.3) is 5.91 Å². The van der Waals surface area contributed by atoms with E-state index in [2.05, 4.69) is 10.3 Å². The van der Waals surface area contributed by atoms with Crippen molar-refractivity contribution in [1.29, 1.82) is 0 Å². The van der Waals surface area contributed by atoms with Gasteiger partial charge in [-0.25, -0.2) is 4.98 Å². The molecule has 2 aromatic carbocycles. The first-order valence-corrected chi connectivity index (χ1v) is 10.4. The topological polar surface area (TPSA) is 85.6 Å². The van der Waals surface area contributed by atoms with Gasteiger partial charge in [-0.15, -0.1) is 0 Å². The first-order chi connectivity index (χ1) is 14.5. The van der Waals surface area contributed by atoms with Crippen LogP contribution in [0, 0.1) is 0 Å². The van der Waals surface area contributed by atoms with E-state index in [4.69, 9.17) is 9.47 Å². The fourth-order valence-electron chi connectivity index (χ4n) is 2.94. The molecule has 0 spiro atoms. The van der Waals surface area contributed by atoms with Crippen molar-refractivity contribution in [1.82, 2.24) is 14.9 Å². The largest absolute Gasteiger partial charge is 0.497 e. The van der Waals surface area contributed by atoms with E-state index in [0.29, 0.717) is 28.4 Å². The summed E-state index contributed by atoms with van der Waals surface area (Å²) in [6, 6.07) is 12.6. The lowest BCUT2D eigenvalue weighted by atomic mass is 10.1. The molecule has 3 rings (SSSR count). The van der Waals surface area contributed by atoms with E-state index < -0.39 is 6.10 Å². The van der Waals surface area contributed by atoms with Crippen molar-refractivity contribution in [2.75, 3.05) is 20.8 Å². The minimum atomic E-state index is -0.929. The van der Waals surface area contributed by atoms with Crippen molar-refractivity contribution in [3.05, 3.63) is 71.5 Å². The van der Waals surface area contributed by atoms with E-state index >= 15 is 0 Å². The molecule has 2 N–H and O–H groups in total. The summed E-state index contributed by atoms with van der Waals surface area (Å²) in [5, 5.41) is 14.3. The molecule has 0 unspecified atom stereocenters. The highest BCUT2D eigenvalue weighted by molar-refractivity contribution is 7.98. The number of amides is 1. The second-order valence-electron chi connectivity index (χ2n) is 6.64. The Labute approximate surface area is 180 Å². The zero-order chi connectivity index (χ0) is 21.5. The van der Waals surface area contributed by atoms with Gasteiger partial charge in [0.05, 0.1) is 14.2 Å². The average molecular weight is 428 g/mol. The molecule has 0 radical (unpaired) electrons. The number of benzene rings is 2. The fraction of sp³-hybridized carbons (Fsp3) is 0.273. The number of thioether (sulfide) groups is 1. The van der Waals surface area contributed by atoms with Crippen LogP contribution in [0.5, 0.6) is 11.5 Å². The van der Waals surface area contributed by atoms with Crippen LogP contribution in [-0.2, 0) is 12.8 Å². The summed E-state index contributed by atoms with van der Waals surface area (Å²) < 4.78 is 12.5. The molecule has 30 heavy (non-hydrogen) atoms. The summed E-state index contributed by atoms with van der Waals surface area (Å²) in [4.78, 5) is 16.9. The number of aromatic nitrogens is 2. The Balaban J connectivity index is 1.61. The number of hydrogen-bond acceptors (Lipinski definition) is 6. The number of nitrogens with one attached hydrogen (secondary N) is 1. The van der Waals surface area contributed by atoms with Crippen LogP contribution in [0.15, 0.2) is 60.0 Å².